The number of H-pyrrole nitrogens is 1. The monoisotopic (exact) mass is 442 g/mol. The van der Waals surface area contributed by atoms with Gasteiger partial charge in [-0.1, -0.05) is 18.2 Å². The molecule has 0 spiro atoms. The first-order chi connectivity index (χ1) is 15.0. The van der Waals surface area contributed by atoms with Gasteiger partial charge in [0.15, 0.2) is 0 Å². The van der Waals surface area contributed by atoms with E-state index in [0.717, 1.165) is 40.8 Å². The van der Waals surface area contributed by atoms with E-state index in [-0.39, 0.29) is 23.7 Å². The predicted octanol–water partition coefficient (Wildman–Crippen LogP) is 5.63. The maximum Gasteiger partial charge on any atom is 0.328 e. The van der Waals surface area contributed by atoms with Crippen LogP contribution in [0.2, 0.25) is 0 Å². The van der Waals surface area contributed by atoms with Gasteiger partial charge in [0.05, 0.1) is 6.04 Å². The van der Waals surface area contributed by atoms with Crippen LogP contribution in [0.1, 0.15) is 49.2 Å². The summed E-state index contributed by atoms with van der Waals surface area (Å²) in [5.41, 5.74) is 0.829. The highest BCUT2D eigenvalue weighted by atomic mass is 19.1. The third-order valence-corrected chi connectivity index (χ3v) is 5.87. The predicted molar refractivity (Wildman–Crippen MR) is 118 cm³/mol. The van der Waals surface area contributed by atoms with Crippen molar-refractivity contribution < 1.29 is 23.1 Å². The third-order valence-electron chi connectivity index (χ3n) is 5.87. The van der Waals surface area contributed by atoms with Gasteiger partial charge in [-0.15, -0.1) is 0 Å². The van der Waals surface area contributed by atoms with E-state index in [2.05, 4.69) is 4.98 Å². The molecule has 0 fully saturated rings. The Morgan fingerprint density at radius 2 is 1.91 bits per heavy atom. The van der Waals surface area contributed by atoms with Crippen LogP contribution >= 0.6 is 0 Å². The van der Waals surface area contributed by atoms with E-state index in [1.807, 2.05) is 31.2 Å². The van der Waals surface area contributed by atoms with Crippen LogP contribution in [-0.2, 0) is 11.2 Å². The molecule has 0 radical (unpaired) electrons. The quantitative estimate of drug-likeness (QED) is 0.504. The smallest absolute Gasteiger partial charge is 0.328 e. The molecule has 2 heterocycles. The molecule has 7 heteroatoms. The van der Waals surface area contributed by atoms with Crippen molar-refractivity contribution in [3.8, 4) is 0 Å². The molecule has 2 aromatic carbocycles. The molecule has 0 saturated heterocycles. The molecule has 3 aromatic rings. The summed E-state index contributed by atoms with van der Waals surface area (Å²) in [6.07, 6.45) is 2.58. The van der Waals surface area contributed by atoms with Crippen LogP contribution in [0, 0.1) is 11.6 Å². The topological polar surface area (TPSA) is 56.3 Å². The molecule has 1 aliphatic rings. The number of carboxylic acids is 1. The number of halogens is 3. The van der Waals surface area contributed by atoms with Crippen molar-refractivity contribution in [2.24, 2.45) is 0 Å². The molecule has 0 bridgehead atoms. The molecule has 0 saturated carbocycles. The number of para-hydroxylation sites is 1. The SMILES string of the molecule is C[C@@H]1Cc2c([nH]c3ccccc23)[C@H](c2c(F)cc(/C=C/C(=O)O)cc2F)N1CC(C)(C)F. The largest absolute Gasteiger partial charge is 0.478 e. The van der Waals surface area contributed by atoms with E-state index in [0.29, 0.717) is 12.1 Å². The van der Waals surface area contributed by atoms with Gasteiger partial charge in [-0.25, -0.2) is 18.0 Å². The number of aliphatic carboxylic acids is 1. The van der Waals surface area contributed by atoms with Gasteiger partial charge in [0, 0.05) is 40.8 Å². The maximum atomic E-state index is 15.3. The number of fused-ring (bicyclic) bond motifs is 3. The summed E-state index contributed by atoms with van der Waals surface area (Å²) in [4.78, 5) is 15.9. The van der Waals surface area contributed by atoms with Crippen molar-refractivity contribution in [2.45, 2.75) is 44.9 Å². The van der Waals surface area contributed by atoms with Crippen LogP contribution in [0.25, 0.3) is 17.0 Å². The van der Waals surface area contributed by atoms with Crippen molar-refractivity contribution >= 4 is 22.9 Å². The van der Waals surface area contributed by atoms with Crippen molar-refractivity contribution in [1.29, 1.82) is 0 Å². The number of benzene rings is 2. The number of rotatable bonds is 5. The van der Waals surface area contributed by atoms with Gasteiger partial charge >= 0.3 is 5.97 Å². The molecule has 2 N–H and O–H groups in total. The number of nitrogens with zero attached hydrogens (tertiary/aromatic N) is 1. The van der Waals surface area contributed by atoms with Crippen molar-refractivity contribution in [2.75, 3.05) is 6.54 Å². The minimum atomic E-state index is -1.58. The third kappa shape index (κ3) is 4.17. The summed E-state index contributed by atoms with van der Waals surface area (Å²) in [7, 11) is 0. The van der Waals surface area contributed by atoms with E-state index in [1.54, 1.807) is 4.90 Å². The minimum absolute atomic E-state index is 0.00676. The summed E-state index contributed by atoms with van der Waals surface area (Å²) in [5, 5.41) is 9.79. The number of nitrogens with one attached hydrogen (secondary N) is 1. The standard InChI is InChI=1S/C25H25F3N2O2/c1-14-10-17-16-6-4-5-7-20(16)29-23(17)24(30(14)13-25(2,3)28)22-18(26)11-15(12-19(22)27)8-9-21(31)32/h4-9,11-12,14,24,29H,10,13H2,1-3H3,(H,31,32)/b9-8+/t14-,24+/m1/s1. The Morgan fingerprint density at radius 1 is 1.25 bits per heavy atom. The van der Waals surface area contributed by atoms with Gasteiger partial charge in [-0.3, -0.25) is 4.90 Å². The second-order valence-corrected chi connectivity index (χ2v) is 8.98. The number of aromatic amines is 1. The fraction of sp³-hybridized carbons (Fsp3) is 0.320. The van der Waals surface area contributed by atoms with Gasteiger partial charge in [-0.05, 0) is 62.6 Å². The van der Waals surface area contributed by atoms with Crippen LogP contribution in [-0.4, -0.2) is 39.2 Å². The fourth-order valence-corrected chi connectivity index (χ4v) is 4.63. The first kappa shape index (κ1) is 22.1. The van der Waals surface area contributed by atoms with Gasteiger partial charge in [0.1, 0.15) is 17.3 Å². The molecule has 0 aliphatic carbocycles. The molecule has 168 valence electrons. The second-order valence-electron chi connectivity index (χ2n) is 8.98. The number of carbonyl (C=O) groups is 1. The van der Waals surface area contributed by atoms with Crippen molar-refractivity contribution in [3.63, 3.8) is 0 Å². The van der Waals surface area contributed by atoms with Crippen LogP contribution in [0.3, 0.4) is 0 Å². The highest BCUT2D eigenvalue weighted by molar-refractivity contribution is 5.86. The summed E-state index contributed by atoms with van der Waals surface area (Å²) in [6, 6.07) is 8.88. The minimum Gasteiger partial charge on any atom is -0.478 e. The first-order valence-corrected chi connectivity index (χ1v) is 10.5. The molecule has 0 unspecified atom stereocenters. The highest BCUT2D eigenvalue weighted by Crippen LogP contribution is 2.43. The molecule has 2 atom stereocenters. The average Bonchev–Trinajstić information content (AvgIpc) is 3.05. The lowest BCUT2D eigenvalue weighted by Crippen LogP contribution is -2.48. The highest BCUT2D eigenvalue weighted by Gasteiger charge is 2.40. The molecule has 4 rings (SSSR count). The Hall–Kier alpha value is -3.06. The van der Waals surface area contributed by atoms with Gasteiger partial charge in [-0.2, -0.15) is 0 Å². The molecular formula is C25H25F3N2O2. The Balaban J connectivity index is 1.92. The lowest BCUT2D eigenvalue weighted by molar-refractivity contribution is -0.131. The lowest BCUT2D eigenvalue weighted by atomic mass is 9.87. The Kier molecular flexibility index (Phi) is 5.63. The van der Waals surface area contributed by atoms with Crippen molar-refractivity contribution in [3.05, 3.63) is 76.5 Å². The normalized spacial score (nSPS) is 19.6. The zero-order valence-corrected chi connectivity index (χ0v) is 18.1. The summed E-state index contributed by atoms with van der Waals surface area (Å²) in [5.74, 6) is -2.82. The lowest BCUT2D eigenvalue weighted by Gasteiger charge is -2.43. The molecule has 4 nitrogen and oxygen atoms in total. The summed E-state index contributed by atoms with van der Waals surface area (Å²) >= 11 is 0. The van der Waals surface area contributed by atoms with Gasteiger partial charge < -0.3 is 10.1 Å². The zero-order valence-electron chi connectivity index (χ0n) is 18.1. The van der Waals surface area contributed by atoms with E-state index < -0.39 is 29.3 Å². The number of alkyl halides is 1. The summed E-state index contributed by atoms with van der Waals surface area (Å²) < 4.78 is 45.4. The van der Waals surface area contributed by atoms with E-state index in [4.69, 9.17) is 5.11 Å². The van der Waals surface area contributed by atoms with E-state index in [1.165, 1.54) is 13.8 Å². The molecule has 1 aromatic heterocycles. The Bertz CT molecular complexity index is 1190. The molecular weight excluding hydrogens is 417 g/mol. The van der Waals surface area contributed by atoms with E-state index in [9.17, 15) is 9.18 Å². The van der Waals surface area contributed by atoms with Gasteiger partial charge in [0.2, 0.25) is 0 Å². The maximum absolute atomic E-state index is 15.3. The van der Waals surface area contributed by atoms with Gasteiger partial charge in [0.25, 0.3) is 0 Å². The number of hydrogen-bond acceptors (Lipinski definition) is 2. The zero-order chi connectivity index (χ0) is 23.2. The molecule has 0 amide bonds. The Morgan fingerprint density at radius 3 is 2.53 bits per heavy atom. The fourth-order valence-electron chi connectivity index (χ4n) is 4.63. The first-order valence-electron chi connectivity index (χ1n) is 10.5. The number of carboxylic acid groups (broad SMARTS) is 1. The van der Waals surface area contributed by atoms with Crippen LogP contribution < -0.4 is 0 Å². The van der Waals surface area contributed by atoms with E-state index >= 15 is 8.78 Å². The average molecular weight is 442 g/mol. The number of hydrogen-bond donors (Lipinski definition) is 2. The molecule has 32 heavy (non-hydrogen) atoms. The number of aromatic nitrogens is 1. The molecule has 1 aliphatic heterocycles. The van der Waals surface area contributed by atoms with Crippen LogP contribution in [0.4, 0.5) is 13.2 Å². The second kappa shape index (κ2) is 8.13. The Labute approximate surface area is 184 Å². The van der Waals surface area contributed by atoms with Crippen LogP contribution in [0.5, 0.6) is 0 Å². The van der Waals surface area contributed by atoms with Crippen LogP contribution in [0.15, 0.2) is 42.5 Å². The summed E-state index contributed by atoms with van der Waals surface area (Å²) in [6.45, 7) is 4.82. The van der Waals surface area contributed by atoms with Crippen molar-refractivity contribution in [1.82, 2.24) is 9.88 Å².